The minimum absolute atomic E-state index is 0.415. The summed E-state index contributed by atoms with van der Waals surface area (Å²) in [7, 11) is 0. The van der Waals surface area contributed by atoms with E-state index in [1.54, 1.807) is 24.4 Å². The number of aromatic nitrogens is 1. The lowest BCUT2D eigenvalue weighted by Gasteiger charge is -2.41. The Kier molecular flexibility index (Phi) is 5.16. The number of carbonyl (C=O) groups excluding carboxylic acids is 1. The number of hydrogen-bond donors (Lipinski definition) is 5. The number of rotatable bonds is 4. The van der Waals surface area contributed by atoms with Crippen LogP contribution < -0.4 is 10.1 Å². The quantitative estimate of drug-likeness (QED) is 0.521. The van der Waals surface area contributed by atoms with Crippen molar-refractivity contribution in [2.24, 2.45) is 0 Å². The number of halogens is 1. The van der Waals surface area contributed by atoms with Gasteiger partial charge in [0.25, 0.3) is 0 Å². The first-order chi connectivity index (χ1) is 11.9. The summed E-state index contributed by atoms with van der Waals surface area (Å²) in [5, 5.41) is 33.4. The number of hydrogen-bond acceptors (Lipinski definition) is 6. The molecule has 2 heterocycles. The van der Waals surface area contributed by atoms with E-state index in [1.807, 2.05) is 0 Å². The first kappa shape index (κ1) is 18.0. The minimum Gasteiger partial charge on any atom is -0.460 e. The van der Waals surface area contributed by atoms with Crippen LogP contribution in [0.4, 0.5) is 0 Å². The fraction of sp³-hybridized carbons (Fsp3) is 0.438. The van der Waals surface area contributed by atoms with Crippen molar-refractivity contribution in [1.82, 2.24) is 10.3 Å². The number of fused-ring (bicyclic) bond motifs is 1. The summed E-state index contributed by atoms with van der Waals surface area (Å²) in [4.78, 5) is 14.4. The van der Waals surface area contributed by atoms with E-state index >= 15 is 0 Å². The summed E-state index contributed by atoms with van der Waals surface area (Å²) in [6.07, 6.45) is -3.26. The van der Waals surface area contributed by atoms with Gasteiger partial charge in [-0.25, -0.2) is 0 Å². The molecule has 136 valence electrons. The number of aliphatic hydroxyl groups is 3. The highest BCUT2D eigenvalue weighted by molar-refractivity contribution is 6.31. The molecule has 8 nitrogen and oxygen atoms in total. The second-order valence-corrected chi connectivity index (χ2v) is 6.33. The second kappa shape index (κ2) is 7.19. The molecule has 0 saturated carbocycles. The molecular formula is C16H19ClN2O6. The van der Waals surface area contributed by atoms with Gasteiger partial charge in [-0.1, -0.05) is 11.6 Å². The molecule has 1 amide bonds. The predicted molar refractivity (Wildman–Crippen MR) is 89.3 cm³/mol. The lowest BCUT2D eigenvalue weighted by Crippen LogP contribution is -2.65. The molecule has 0 bridgehead atoms. The molecule has 5 N–H and O–H groups in total. The highest BCUT2D eigenvalue weighted by Gasteiger charge is 2.46. The summed E-state index contributed by atoms with van der Waals surface area (Å²) >= 11 is 5.95. The van der Waals surface area contributed by atoms with Gasteiger partial charge in [0.05, 0.1) is 12.1 Å². The third-order valence-corrected chi connectivity index (χ3v) is 4.33. The van der Waals surface area contributed by atoms with Crippen LogP contribution in [0.5, 0.6) is 5.75 Å². The van der Waals surface area contributed by atoms with Gasteiger partial charge in [-0.2, -0.15) is 0 Å². The van der Waals surface area contributed by atoms with Crippen LogP contribution in [-0.4, -0.2) is 63.5 Å². The van der Waals surface area contributed by atoms with Crippen molar-refractivity contribution >= 4 is 28.4 Å². The van der Waals surface area contributed by atoms with E-state index in [2.05, 4.69) is 10.3 Å². The Labute approximate surface area is 148 Å². The molecule has 1 fully saturated rings. The highest BCUT2D eigenvalue weighted by atomic mass is 35.5. The van der Waals surface area contributed by atoms with Gasteiger partial charge in [0.2, 0.25) is 12.2 Å². The summed E-state index contributed by atoms with van der Waals surface area (Å²) in [5.41, 5.74) is 0.744. The molecule has 0 aliphatic carbocycles. The molecule has 1 saturated heterocycles. The topological polar surface area (TPSA) is 124 Å². The van der Waals surface area contributed by atoms with Gasteiger partial charge in [-0.15, -0.1) is 0 Å². The van der Waals surface area contributed by atoms with Crippen LogP contribution in [0.1, 0.15) is 6.92 Å². The van der Waals surface area contributed by atoms with Crippen molar-refractivity contribution in [3.05, 3.63) is 29.4 Å². The number of amides is 1. The summed E-state index contributed by atoms with van der Waals surface area (Å²) in [6.45, 7) is 0.774. The van der Waals surface area contributed by atoms with E-state index < -0.39 is 43.2 Å². The lowest BCUT2D eigenvalue weighted by molar-refractivity contribution is -0.244. The molecule has 5 atom stereocenters. The van der Waals surface area contributed by atoms with Gasteiger partial charge < -0.3 is 35.1 Å². The first-order valence-corrected chi connectivity index (χ1v) is 8.11. The van der Waals surface area contributed by atoms with Crippen molar-refractivity contribution in [2.45, 2.75) is 37.6 Å². The maximum Gasteiger partial charge on any atom is 0.223 e. The third kappa shape index (κ3) is 3.58. The number of aliphatic hydroxyl groups excluding tert-OH is 3. The maximum atomic E-state index is 11.4. The second-order valence-electron chi connectivity index (χ2n) is 5.89. The summed E-state index contributed by atoms with van der Waals surface area (Å²) in [6, 6.07) is 4.18. The Balaban J connectivity index is 1.89. The predicted octanol–water partition coefficient (Wildman–Crippen LogP) is 0.144. The fourth-order valence-electron chi connectivity index (χ4n) is 2.87. The van der Waals surface area contributed by atoms with E-state index in [-0.39, 0.29) is 0 Å². The average molecular weight is 371 g/mol. The average Bonchev–Trinajstić information content (AvgIpc) is 2.96. The number of aromatic amines is 1. The van der Waals surface area contributed by atoms with Crippen molar-refractivity contribution in [2.75, 3.05) is 6.61 Å². The number of nitrogens with one attached hydrogen (secondary N) is 2. The van der Waals surface area contributed by atoms with Gasteiger partial charge in [0, 0.05) is 23.5 Å². The molecule has 2 aromatic rings. The van der Waals surface area contributed by atoms with Gasteiger partial charge in [0.1, 0.15) is 30.1 Å². The molecule has 1 aliphatic rings. The van der Waals surface area contributed by atoms with Crippen LogP contribution in [0, 0.1) is 0 Å². The molecule has 3 rings (SSSR count). The molecule has 9 heteroatoms. The van der Waals surface area contributed by atoms with E-state index in [9.17, 15) is 20.1 Å². The normalized spacial score (nSPS) is 29.6. The fourth-order valence-corrected chi connectivity index (χ4v) is 3.04. The SMILES string of the molecule is CC(=O)N[C@H]1[C@H](Oc2c[nH]c3cc(Cl)ccc23)O[C@H](CO)[C@H](O)[C@@H]1O. The minimum atomic E-state index is -1.36. The molecular weight excluding hydrogens is 352 g/mol. The van der Waals surface area contributed by atoms with Gasteiger partial charge in [-0.05, 0) is 18.2 Å². The Hall–Kier alpha value is -1.84. The Morgan fingerprint density at radius 1 is 1.40 bits per heavy atom. The van der Waals surface area contributed by atoms with Crippen molar-refractivity contribution in [3.8, 4) is 5.75 Å². The summed E-state index contributed by atoms with van der Waals surface area (Å²) in [5.74, 6) is 0.00825. The van der Waals surface area contributed by atoms with Crippen LogP contribution in [0.2, 0.25) is 5.02 Å². The monoisotopic (exact) mass is 370 g/mol. The Morgan fingerprint density at radius 3 is 2.84 bits per heavy atom. The molecule has 1 aromatic carbocycles. The summed E-state index contributed by atoms with van der Waals surface area (Å²) < 4.78 is 11.4. The number of H-pyrrole nitrogens is 1. The van der Waals surface area contributed by atoms with Gasteiger partial charge in [0.15, 0.2) is 0 Å². The third-order valence-electron chi connectivity index (χ3n) is 4.10. The van der Waals surface area contributed by atoms with Crippen LogP contribution >= 0.6 is 11.6 Å². The number of ether oxygens (including phenoxy) is 2. The molecule has 25 heavy (non-hydrogen) atoms. The van der Waals surface area contributed by atoms with Crippen LogP contribution in [0.25, 0.3) is 10.9 Å². The van der Waals surface area contributed by atoms with Crippen LogP contribution in [0.3, 0.4) is 0 Å². The van der Waals surface area contributed by atoms with E-state index in [4.69, 9.17) is 21.1 Å². The molecule has 1 aliphatic heterocycles. The van der Waals surface area contributed by atoms with Crippen LogP contribution in [-0.2, 0) is 9.53 Å². The van der Waals surface area contributed by atoms with Crippen molar-refractivity contribution < 1.29 is 29.6 Å². The Bertz CT molecular complexity index is 766. The van der Waals surface area contributed by atoms with E-state index in [0.717, 1.165) is 10.9 Å². The van der Waals surface area contributed by atoms with Crippen molar-refractivity contribution in [3.63, 3.8) is 0 Å². The maximum absolute atomic E-state index is 11.4. The smallest absolute Gasteiger partial charge is 0.223 e. The Morgan fingerprint density at radius 2 is 2.16 bits per heavy atom. The van der Waals surface area contributed by atoms with E-state index in [1.165, 1.54) is 6.92 Å². The van der Waals surface area contributed by atoms with Crippen molar-refractivity contribution in [1.29, 1.82) is 0 Å². The highest BCUT2D eigenvalue weighted by Crippen LogP contribution is 2.31. The molecule has 1 aromatic heterocycles. The zero-order chi connectivity index (χ0) is 18.1. The lowest BCUT2D eigenvalue weighted by atomic mass is 9.97. The standard InChI is InChI=1S/C16H19ClN2O6/c1-7(21)19-13-15(23)14(22)12(6-20)25-16(13)24-11-5-18-10-4-8(17)2-3-9(10)11/h2-5,12-16,18,20,22-23H,6H2,1H3,(H,19,21)/t12-,13-,14+,15-,16-/m1/s1. The number of carbonyl (C=O) groups is 1. The molecule has 0 radical (unpaired) electrons. The largest absolute Gasteiger partial charge is 0.460 e. The number of benzene rings is 1. The van der Waals surface area contributed by atoms with Crippen LogP contribution in [0.15, 0.2) is 24.4 Å². The van der Waals surface area contributed by atoms with Gasteiger partial charge in [-0.3, -0.25) is 4.79 Å². The van der Waals surface area contributed by atoms with Gasteiger partial charge >= 0.3 is 0 Å². The zero-order valence-corrected chi connectivity index (χ0v) is 14.1. The first-order valence-electron chi connectivity index (χ1n) is 7.73. The zero-order valence-electron chi connectivity index (χ0n) is 13.3. The molecule has 0 spiro atoms. The molecule has 0 unspecified atom stereocenters. The van der Waals surface area contributed by atoms with E-state index in [0.29, 0.717) is 10.8 Å².